The van der Waals surface area contributed by atoms with Gasteiger partial charge in [-0.15, -0.1) is 0 Å². The average Bonchev–Trinajstić information content (AvgIpc) is 2.59. The fourth-order valence-electron chi connectivity index (χ4n) is 1.76. The Bertz CT molecular complexity index is 584. The van der Waals surface area contributed by atoms with Crippen LogP contribution in [0.3, 0.4) is 0 Å². The Labute approximate surface area is 121 Å². The molecule has 2 rings (SSSR count). The Hall–Kier alpha value is -0.490. The summed E-state index contributed by atoms with van der Waals surface area (Å²) in [4.78, 5) is 0. The summed E-state index contributed by atoms with van der Waals surface area (Å²) in [6, 6.07) is 8.05. The summed E-state index contributed by atoms with van der Waals surface area (Å²) >= 11 is 4.07. The first kappa shape index (κ1) is 12.0. The second-order valence-electron chi connectivity index (χ2n) is 3.28. The molecule has 16 heavy (non-hydrogen) atoms. The number of halogens is 2. The van der Waals surface area contributed by atoms with Crippen molar-refractivity contribution in [2.24, 2.45) is 0 Å². The zero-order valence-corrected chi connectivity index (χ0v) is 12.8. The minimum Gasteiger partial charge on any atom is -0.428 e. The van der Waals surface area contributed by atoms with Crippen LogP contribution in [0.2, 0.25) is 0 Å². The lowest BCUT2D eigenvalue weighted by Gasteiger charge is -2.03. The quantitative estimate of drug-likeness (QED) is 0.669. The molecule has 0 fully saturated rings. The van der Waals surface area contributed by atoms with Crippen molar-refractivity contribution < 1.29 is 3.07 Å². The van der Waals surface area contributed by atoms with Crippen LogP contribution in [0.15, 0.2) is 18.2 Å². The Morgan fingerprint density at radius 2 is 2.25 bits per heavy atom. The summed E-state index contributed by atoms with van der Waals surface area (Å²) in [7, 11) is 0. The molecule has 0 N–H and O–H groups in total. The van der Waals surface area contributed by atoms with Crippen molar-refractivity contribution in [2.45, 2.75) is 13.5 Å². The van der Waals surface area contributed by atoms with E-state index in [2.05, 4.69) is 40.2 Å². The van der Waals surface area contributed by atoms with E-state index in [1.807, 2.05) is 41.2 Å². The van der Waals surface area contributed by atoms with Gasteiger partial charge in [0.1, 0.15) is 11.8 Å². The predicted octanol–water partition coefficient (Wildman–Crippen LogP) is 3.87. The van der Waals surface area contributed by atoms with Crippen molar-refractivity contribution in [1.82, 2.24) is 4.57 Å². The lowest BCUT2D eigenvalue weighted by atomic mass is 10.2. The van der Waals surface area contributed by atoms with Gasteiger partial charge in [-0.2, -0.15) is 5.26 Å². The fraction of sp³-hybridized carbons (Fsp3) is 0.182. The molecule has 0 bridgehead atoms. The third-order valence-electron chi connectivity index (χ3n) is 2.49. The van der Waals surface area contributed by atoms with E-state index in [9.17, 15) is 0 Å². The van der Waals surface area contributed by atoms with E-state index < -0.39 is 0 Å². The Morgan fingerprint density at radius 1 is 1.50 bits per heavy atom. The van der Waals surface area contributed by atoms with Gasteiger partial charge in [0.15, 0.2) is 23.0 Å². The molecular formula is C11H8I2N2O. The van der Waals surface area contributed by atoms with Crippen LogP contribution in [0.4, 0.5) is 0 Å². The number of fused-ring (bicyclic) bond motifs is 1. The Morgan fingerprint density at radius 3 is 2.81 bits per heavy atom. The molecule has 0 radical (unpaired) electrons. The van der Waals surface area contributed by atoms with Gasteiger partial charge in [-0.3, -0.25) is 0 Å². The second kappa shape index (κ2) is 4.79. The lowest BCUT2D eigenvalue weighted by molar-refractivity contribution is 0.715. The molecule has 1 heterocycles. The highest BCUT2D eigenvalue weighted by molar-refractivity contribution is 14.1. The maximum atomic E-state index is 9.15. The SMILES string of the molecule is CCn1c(I)c(C#N)c2ccc(OI)cc21. The van der Waals surface area contributed by atoms with E-state index in [0.29, 0.717) is 0 Å². The minimum atomic E-state index is 0.748. The summed E-state index contributed by atoms with van der Waals surface area (Å²) in [5.41, 5.74) is 1.80. The number of aryl methyl sites for hydroxylation is 1. The van der Waals surface area contributed by atoms with Gasteiger partial charge in [0, 0.05) is 18.0 Å². The van der Waals surface area contributed by atoms with Gasteiger partial charge in [0.2, 0.25) is 0 Å². The molecule has 0 spiro atoms. The monoisotopic (exact) mass is 438 g/mol. The van der Waals surface area contributed by atoms with Crippen LogP contribution >= 0.6 is 45.6 Å². The smallest absolute Gasteiger partial charge is 0.192 e. The van der Waals surface area contributed by atoms with Crippen molar-refractivity contribution in [3.63, 3.8) is 0 Å². The van der Waals surface area contributed by atoms with E-state index in [-0.39, 0.29) is 0 Å². The van der Waals surface area contributed by atoms with E-state index in [4.69, 9.17) is 8.33 Å². The summed E-state index contributed by atoms with van der Waals surface area (Å²) in [5.74, 6) is 0.807. The zero-order valence-electron chi connectivity index (χ0n) is 8.50. The molecule has 0 unspecified atom stereocenters. The van der Waals surface area contributed by atoms with E-state index in [0.717, 1.165) is 32.5 Å². The van der Waals surface area contributed by atoms with Crippen molar-refractivity contribution in [3.8, 4) is 11.8 Å². The molecular weight excluding hydrogens is 430 g/mol. The first-order valence-corrected chi connectivity index (χ1v) is 6.69. The first-order chi connectivity index (χ1) is 7.72. The van der Waals surface area contributed by atoms with Crippen LogP contribution in [0.25, 0.3) is 10.9 Å². The van der Waals surface area contributed by atoms with Crippen LogP contribution in [-0.2, 0) is 6.54 Å². The third-order valence-corrected chi connectivity index (χ3v) is 4.12. The highest BCUT2D eigenvalue weighted by Crippen LogP contribution is 2.30. The summed E-state index contributed by atoms with van der Waals surface area (Å²) in [6.07, 6.45) is 0. The number of benzene rings is 1. The van der Waals surface area contributed by atoms with Gasteiger partial charge in [0.25, 0.3) is 0 Å². The number of rotatable bonds is 2. The molecule has 82 valence electrons. The lowest BCUT2D eigenvalue weighted by Crippen LogP contribution is -1.96. The Balaban J connectivity index is 2.85. The van der Waals surface area contributed by atoms with Gasteiger partial charge < -0.3 is 7.63 Å². The van der Waals surface area contributed by atoms with Gasteiger partial charge in [0.05, 0.1) is 14.8 Å². The topological polar surface area (TPSA) is 38.0 Å². The molecule has 1 aromatic carbocycles. The normalized spacial score (nSPS) is 10.4. The molecule has 2 aromatic rings. The summed E-state index contributed by atoms with van der Waals surface area (Å²) in [5, 5.41) is 10.1. The van der Waals surface area contributed by atoms with Crippen molar-refractivity contribution in [3.05, 3.63) is 27.5 Å². The van der Waals surface area contributed by atoms with Gasteiger partial charge in [-0.1, -0.05) is 0 Å². The fourth-order valence-corrected chi connectivity index (χ4v) is 3.05. The largest absolute Gasteiger partial charge is 0.428 e. The highest BCUT2D eigenvalue weighted by Gasteiger charge is 2.14. The predicted molar refractivity (Wildman–Crippen MR) is 79.7 cm³/mol. The maximum Gasteiger partial charge on any atom is 0.192 e. The average molecular weight is 438 g/mol. The van der Waals surface area contributed by atoms with Gasteiger partial charge in [-0.05, 0) is 41.6 Å². The second-order valence-corrected chi connectivity index (χ2v) is 4.74. The molecule has 3 nitrogen and oxygen atoms in total. The van der Waals surface area contributed by atoms with Crippen molar-refractivity contribution in [2.75, 3.05) is 0 Å². The third kappa shape index (κ3) is 1.78. The van der Waals surface area contributed by atoms with E-state index in [1.165, 1.54) is 0 Å². The van der Waals surface area contributed by atoms with Gasteiger partial charge in [-0.25, -0.2) is 0 Å². The number of hydrogen-bond donors (Lipinski definition) is 0. The van der Waals surface area contributed by atoms with Crippen molar-refractivity contribution in [1.29, 1.82) is 5.26 Å². The molecule has 0 aliphatic rings. The standard InChI is InChI=1S/C11H8I2N2O/c1-2-15-10-5-7(16-13)3-4-8(10)9(6-14)11(15)12/h3-5H,2H2,1H3. The van der Waals surface area contributed by atoms with Crippen LogP contribution in [0, 0.1) is 15.0 Å². The number of nitriles is 1. The van der Waals surface area contributed by atoms with E-state index >= 15 is 0 Å². The maximum absolute atomic E-state index is 9.15. The molecule has 5 heteroatoms. The molecule has 0 aliphatic carbocycles. The highest BCUT2D eigenvalue weighted by atomic mass is 127. The van der Waals surface area contributed by atoms with Crippen LogP contribution in [0.5, 0.6) is 5.75 Å². The molecule has 0 aliphatic heterocycles. The van der Waals surface area contributed by atoms with Gasteiger partial charge >= 0.3 is 0 Å². The zero-order chi connectivity index (χ0) is 11.7. The molecule has 0 atom stereocenters. The van der Waals surface area contributed by atoms with E-state index in [1.54, 1.807) is 0 Å². The Kier molecular flexibility index (Phi) is 3.59. The van der Waals surface area contributed by atoms with Crippen molar-refractivity contribution >= 4 is 56.5 Å². The minimum absolute atomic E-state index is 0.748. The first-order valence-electron chi connectivity index (χ1n) is 4.73. The number of hydrogen-bond acceptors (Lipinski definition) is 2. The van der Waals surface area contributed by atoms with Crippen LogP contribution in [0.1, 0.15) is 12.5 Å². The molecule has 1 aromatic heterocycles. The number of nitrogens with zero attached hydrogens (tertiary/aromatic N) is 2. The number of aromatic nitrogens is 1. The molecule has 0 saturated heterocycles. The molecule has 0 saturated carbocycles. The summed E-state index contributed by atoms with van der Waals surface area (Å²) < 4.78 is 8.28. The van der Waals surface area contributed by atoms with Crippen LogP contribution < -0.4 is 3.07 Å². The summed E-state index contributed by atoms with van der Waals surface area (Å²) in [6.45, 7) is 2.92. The van der Waals surface area contributed by atoms with Crippen LogP contribution in [-0.4, -0.2) is 4.57 Å². The molecule has 0 amide bonds.